The van der Waals surface area contributed by atoms with Crippen LogP contribution in [0.4, 0.5) is 18.9 Å². The van der Waals surface area contributed by atoms with E-state index in [1.807, 2.05) is 29.1 Å². The van der Waals surface area contributed by atoms with Crippen LogP contribution in [0, 0.1) is 11.3 Å². The van der Waals surface area contributed by atoms with Crippen molar-refractivity contribution in [3.63, 3.8) is 0 Å². The van der Waals surface area contributed by atoms with E-state index in [2.05, 4.69) is 11.1 Å². The molecule has 138 valence electrons. The Bertz CT molecular complexity index is 1030. The van der Waals surface area contributed by atoms with Crippen LogP contribution in [-0.4, -0.2) is 21.6 Å². The summed E-state index contributed by atoms with van der Waals surface area (Å²) >= 11 is 0. The molecule has 0 saturated carbocycles. The number of carbonyl (C=O) groups is 1. The Hall–Kier alpha value is -3.34. The molecule has 1 aromatic heterocycles. The van der Waals surface area contributed by atoms with Gasteiger partial charge in [-0.2, -0.15) is 18.4 Å². The average Bonchev–Trinajstić information content (AvgIpc) is 2.95. The number of halogens is 3. The number of aryl methyl sites for hydroxylation is 3. The van der Waals surface area contributed by atoms with E-state index in [9.17, 15) is 18.0 Å². The molecule has 0 atom stereocenters. The number of alkyl halides is 3. The van der Waals surface area contributed by atoms with Gasteiger partial charge in [0.2, 0.25) is 0 Å². The summed E-state index contributed by atoms with van der Waals surface area (Å²) in [5, 5.41) is 10.7. The van der Waals surface area contributed by atoms with Crippen LogP contribution in [0.1, 0.15) is 17.0 Å². The zero-order valence-corrected chi connectivity index (χ0v) is 14.3. The summed E-state index contributed by atoms with van der Waals surface area (Å²) in [7, 11) is 1.83. The second kappa shape index (κ2) is 7.11. The van der Waals surface area contributed by atoms with Crippen LogP contribution in [0.25, 0.3) is 11.0 Å². The van der Waals surface area contributed by atoms with E-state index in [1.165, 1.54) is 12.1 Å². The van der Waals surface area contributed by atoms with Gasteiger partial charge in [0.05, 0.1) is 22.7 Å². The van der Waals surface area contributed by atoms with Gasteiger partial charge < -0.3 is 9.88 Å². The first-order chi connectivity index (χ1) is 12.8. The van der Waals surface area contributed by atoms with Gasteiger partial charge in [0.1, 0.15) is 5.82 Å². The highest BCUT2D eigenvalue weighted by atomic mass is 19.4. The molecule has 2 aromatic carbocycles. The van der Waals surface area contributed by atoms with Gasteiger partial charge in [-0.15, -0.1) is 0 Å². The zero-order chi connectivity index (χ0) is 19.6. The predicted octanol–water partition coefficient (Wildman–Crippen LogP) is 3.73. The number of hydrogen-bond donors (Lipinski definition) is 1. The third-order valence-electron chi connectivity index (χ3n) is 4.21. The van der Waals surface area contributed by atoms with E-state index in [-0.39, 0.29) is 5.69 Å². The van der Waals surface area contributed by atoms with Crippen molar-refractivity contribution >= 4 is 22.6 Å². The lowest BCUT2D eigenvalue weighted by molar-refractivity contribution is -0.167. The van der Waals surface area contributed by atoms with Gasteiger partial charge in [-0.25, -0.2) is 4.98 Å². The van der Waals surface area contributed by atoms with Gasteiger partial charge >= 0.3 is 12.1 Å². The molecule has 3 aromatic rings. The topological polar surface area (TPSA) is 70.7 Å². The van der Waals surface area contributed by atoms with E-state index in [1.54, 1.807) is 18.2 Å². The lowest BCUT2D eigenvalue weighted by Gasteiger charge is -2.07. The number of fused-ring (bicyclic) bond motifs is 1. The summed E-state index contributed by atoms with van der Waals surface area (Å²) in [6, 6.07) is 13.8. The van der Waals surface area contributed by atoms with E-state index in [0.717, 1.165) is 16.9 Å². The maximum Gasteiger partial charge on any atom is 0.471 e. The molecule has 0 radical (unpaired) electrons. The van der Waals surface area contributed by atoms with Crippen molar-refractivity contribution in [2.75, 3.05) is 5.32 Å². The molecule has 0 unspecified atom stereocenters. The maximum absolute atomic E-state index is 12.4. The highest BCUT2D eigenvalue weighted by Gasteiger charge is 2.38. The molecule has 1 N–H and O–H groups in total. The molecule has 3 rings (SSSR count). The fourth-order valence-corrected chi connectivity index (χ4v) is 2.76. The van der Waals surface area contributed by atoms with E-state index in [0.29, 0.717) is 23.9 Å². The Balaban J connectivity index is 1.77. The van der Waals surface area contributed by atoms with Gasteiger partial charge in [-0.3, -0.25) is 4.79 Å². The minimum Gasteiger partial charge on any atom is -0.331 e. The van der Waals surface area contributed by atoms with Crippen molar-refractivity contribution in [1.29, 1.82) is 5.26 Å². The number of aromatic nitrogens is 2. The summed E-state index contributed by atoms with van der Waals surface area (Å²) in [4.78, 5) is 15.5. The van der Waals surface area contributed by atoms with E-state index < -0.39 is 12.1 Å². The largest absolute Gasteiger partial charge is 0.471 e. The Morgan fingerprint density at radius 3 is 2.52 bits per heavy atom. The molecule has 0 aliphatic carbocycles. The number of hydrogen-bond acceptors (Lipinski definition) is 3. The Kier molecular flexibility index (Phi) is 4.86. The molecule has 0 spiro atoms. The molecule has 0 fully saturated rings. The first-order valence-corrected chi connectivity index (χ1v) is 8.10. The second-order valence-electron chi connectivity index (χ2n) is 6.05. The first kappa shape index (κ1) is 18.5. The molecule has 0 aliphatic heterocycles. The van der Waals surface area contributed by atoms with Crippen molar-refractivity contribution < 1.29 is 18.0 Å². The van der Waals surface area contributed by atoms with Crippen molar-refractivity contribution in [2.24, 2.45) is 7.05 Å². The maximum atomic E-state index is 12.4. The smallest absolute Gasteiger partial charge is 0.331 e. The lowest BCUT2D eigenvalue weighted by Crippen LogP contribution is -2.29. The van der Waals surface area contributed by atoms with Crippen LogP contribution in [0.5, 0.6) is 0 Å². The summed E-state index contributed by atoms with van der Waals surface area (Å²) in [5.74, 6) is -1.24. The third kappa shape index (κ3) is 4.08. The number of carbonyl (C=O) groups excluding carboxylic acids is 1. The van der Waals surface area contributed by atoms with Crippen LogP contribution >= 0.6 is 0 Å². The molecule has 1 amide bonds. The number of nitriles is 1. The van der Waals surface area contributed by atoms with Crippen LogP contribution in [0.15, 0.2) is 42.5 Å². The van der Waals surface area contributed by atoms with Crippen molar-refractivity contribution in [1.82, 2.24) is 9.55 Å². The lowest BCUT2D eigenvalue weighted by atomic mass is 10.1. The molecule has 1 heterocycles. The Morgan fingerprint density at radius 1 is 1.19 bits per heavy atom. The number of nitrogens with one attached hydrogen (secondary N) is 1. The summed E-state index contributed by atoms with van der Waals surface area (Å²) in [5.41, 5.74) is 2.96. The van der Waals surface area contributed by atoms with Crippen molar-refractivity contribution in [3.05, 3.63) is 59.4 Å². The normalized spacial score (nSPS) is 11.4. The molecule has 5 nitrogen and oxygen atoms in total. The van der Waals surface area contributed by atoms with Crippen molar-refractivity contribution in [3.8, 4) is 6.07 Å². The molecular weight excluding hydrogens is 357 g/mol. The van der Waals surface area contributed by atoms with Crippen LogP contribution in [0.2, 0.25) is 0 Å². The van der Waals surface area contributed by atoms with Gasteiger partial charge in [0.15, 0.2) is 0 Å². The Labute approximate surface area is 153 Å². The van der Waals surface area contributed by atoms with Crippen LogP contribution < -0.4 is 5.32 Å². The van der Waals surface area contributed by atoms with Crippen LogP contribution in [0.3, 0.4) is 0 Å². The number of nitrogens with zero attached hydrogens (tertiary/aromatic N) is 3. The molecule has 0 saturated heterocycles. The predicted molar refractivity (Wildman–Crippen MR) is 94.0 cm³/mol. The summed E-state index contributed by atoms with van der Waals surface area (Å²) in [6.07, 6.45) is -3.60. The number of benzene rings is 2. The molecular formula is C19H15F3N4O. The fraction of sp³-hybridized carbons (Fsp3) is 0.211. The van der Waals surface area contributed by atoms with Crippen LogP contribution in [-0.2, 0) is 24.7 Å². The summed E-state index contributed by atoms with van der Waals surface area (Å²) < 4.78 is 39.0. The standard InChI is InChI=1S/C19H15F3N4O/c1-26-16-8-7-14(24-18(27)19(20,21)22)10-15(16)25-17(26)9-6-12-2-4-13(11-23)5-3-12/h2-5,7-8,10H,6,9H2,1H3,(H,24,27). The minimum absolute atomic E-state index is 0.0431. The summed E-state index contributed by atoms with van der Waals surface area (Å²) in [6.45, 7) is 0. The SMILES string of the molecule is Cn1c(CCc2ccc(C#N)cc2)nc2cc(NC(=O)C(F)(F)F)ccc21. The number of amides is 1. The monoisotopic (exact) mass is 372 g/mol. The highest BCUT2D eigenvalue weighted by Crippen LogP contribution is 2.23. The minimum atomic E-state index is -4.94. The highest BCUT2D eigenvalue weighted by molar-refractivity contribution is 5.96. The first-order valence-electron chi connectivity index (χ1n) is 8.10. The van der Waals surface area contributed by atoms with E-state index in [4.69, 9.17) is 5.26 Å². The molecule has 0 aliphatic rings. The number of rotatable bonds is 4. The zero-order valence-electron chi connectivity index (χ0n) is 14.3. The fourth-order valence-electron chi connectivity index (χ4n) is 2.76. The third-order valence-corrected chi connectivity index (χ3v) is 4.21. The van der Waals surface area contributed by atoms with Gasteiger partial charge in [0, 0.05) is 19.2 Å². The van der Waals surface area contributed by atoms with Crippen molar-refractivity contribution in [2.45, 2.75) is 19.0 Å². The average molecular weight is 372 g/mol. The second-order valence-corrected chi connectivity index (χ2v) is 6.05. The number of imidazole rings is 1. The molecule has 8 heteroatoms. The van der Waals surface area contributed by atoms with Gasteiger partial charge in [0.25, 0.3) is 0 Å². The van der Waals surface area contributed by atoms with Gasteiger partial charge in [-0.1, -0.05) is 12.1 Å². The Morgan fingerprint density at radius 2 is 1.89 bits per heavy atom. The van der Waals surface area contributed by atoms with E-state index >= 15 is 0 Å². The quantitative estimate of drug-likeness (QED) is 0.759. The molecule has 27 heavy (non-hydrogen) atoms. The number of anilines is 1. The van der Waals surface area contributed by atoms with Gasteiger partial charge in [-0.05, 0) is 42.3 Å². The molecule has 0 bridgehead atoms.